The molecule has 7 heteroatoms. The van der Waals surface area contributed by atoms with Gasteiger partial charge in [0, 0.05) is 10.5 Å². The number of rotatable bonds is 6. The lowest BCUT2D eigenvalue weighted by Crippen LogP contribution is -2.40. The van der Waals surface area contributed by atoms with Crippen molar-refractivity contribution in [2.45, 2.75) is 24.8 Å². The largest absolute Gasteiger partial charge is 0.463 e. The lowest BCUT2D eigenvalue weighted by Gasteiger charge is -2.26. The average molecular weight is 527 g/mol. The number of esters is 1. The third kappa shape index (κ3) is 4.97. The van der Waals surface area contributed by atoms with Crippen LogP contribution < -0.4 is 14.9 Å². The van der Waals surface area contributed by atoms with Crippen molar-refractivity contribution in [2.75, 3.05) is 12.9 Å². The van der Waals surface area contributed by atoms with Crippen molar-refractivity contribution in [3.05, 3.63) is 126 Å². The van der Waals surface area contributed by atoms with E-state index in [1.165, 1.54) is 11.3 Å². The standard InChI is InChI=1S/C30H26N2O3S2/c1-4-35-29(34)25-26(21-11-6-5-7-12-21)31-30-32(27(25)22-13-15-23(36-3)16-14-22)28(33)24(37-30)18-20-10-8-9-19(2)17-20/h5-18,27H,4H2,1-3H3/b24-18+/t27-/m0/s1. The number of hydrogen-bond acceptors (Lipinski definition) is 6. The van der Waals surface area contributed by atoms with Crippen molar-refractivity contribution in [3.63, 3.8) is 0 Å². The molecule has 37 heavy (non-hydrogen) atoms. The van der Waals surface area contributed by atoms with Crippen molar-refractivity contribution in [1.29, 1.82) is 0 Å². The third-order valence-corrected chi connectivity index (χ3v) is 7.87. The van der Waals surface area contributed by atoms with Gasteiger partial charge in [0.15, 0.2) is 4.80 Å². The summed E-state index contributed by atoms with van der Waals surface area (Å²) in [5, 5.41) is 0. The number of nitrogens with zero attached hydrogens (tertiary/aromatic N) is 2. The number of hydrogen-bond donors (Lipinski definition) is 0. The van der Waals surface area contributed by atoms with Crippen LogP contribution in [0, 0.1) is 6.92 Å². The highest BCUT2D eigenvalue weighted by Crippen LogP contribution is 2.35. The number of ether oxygens (including phenoxy) is 1. The first-order valence-electron chi connectivity index (χ1n) is 12.0. The molecular formula is C30H26N2O3S2. The number of carbonyl (C=O) groups is 1. The van der Waals surface area contributed by atoms with Crippen LogP contribution in [0.2, 0.25) is 0 Å². The van der Waals surface area contributed by atoms with Gasteiger partial charge >= 0.3 is 5.97 Å². The van der Waals surface area contributed by atoms with Crippen LogP contribution >= 0.6 is 23.1 Å². The lowest BCUT2D eigenvalue weighted by atomic mass is 9.93. The Kier molecular flexibility index (Phi) is 7.26. The van der Waals surface area contributed by atoms with Crippen LogP contribution in [0.15, 0.2) is 99.1 Å². The summed E-state index contributed by atoms with van der Waals surface area (Å²) >= 11 is 2.97. The lowest BCUT2D eigenvalue weighted by molar-refractivity contribution is -0.138. The molecule has 0 bridgehead atoms. The maximum atomic E-state index is 13.9. The van der Waals surface area contributed by atoms with E-state index in [9.17, 15) is 9.59 Å². The molecule has 0 amide bonds. The summed E-state index contributed by atoms with van der Waals surface area (Å²) in [4.78, 5) is 33.9. The summed E-state index contributed by atoms with van der Waals surface area (Å²) in [6, 6.07) is 24.9. The van der Waals surface area contributed by atoms with Gasteiger partial charge in [0.25, 0.3) is 5.56 Å². The van der Waals surface area contributed by atoms with Gasteiger partial charge in [-0.1, -0.05) is 83.6 Å². The van der Waals surface area contributed by atoms with E-state index in [4.69, 9.17) is 9.73 Å². The Morgan fingerprint density at radius 1 is 1.08 bits per heavy atom. The van der Waals surface area contributed by atoms with Gasteiger partial charge in [0.2, 0.25) is 0 Å². The number of aromatic nitrogens is 1. The Balaban J connectivity index is 1.82. The molecule has 0 N–H and O–H groups in total. The third-order valence-electron chi connectivity index (χ3n) is 6.15. The average Bonchev–Trinajstić information content (AvgIpc) is 3.22. The molecule has 0 radical (unpaired) electrons. The molecule has 5 rings (SSSR count). The van der Waals surface area contributed by atoms with E-state index in [0.29, 0.717) is 20.6 Å². The van der Waals surface area contributed by atoms with Crippen LogP contribution in [0.1, 0.15) is 35.2 Å². The molecule has 5 nitrogen and oxygen atoms in total. The Morgan fingerprint density at radius 2 is 1.84 bits per heavy atom. The number of aryl methyl sites for hydroxylation is 1. The zero-order valence-corrected chi connectivity index (χ0v) is 22.4. The molecule has 0 fully saturated rings. The molecule has 4 aromatic rings. The van der Waals surface area contributed by atoms with E-state index in [0.717, 1.165) is 27.1 Å². The van der Waals surface area contributed by atoms with E-state index in [1.54, 1.807) is 23.3 Å². The van der Waals surface area contributed by atoms with Gasteiger partial charge in [-0.05, 0) is 49.4 Å². The quantitative estimate of drug-likeness (QED) is 0.263. The molecule has 1 aliphatic rings. The maximum Gasteiger partial charge on any atom is 0.338 e. The summed E-state index contributed by atoms with van der Waals surface area (Å²) in [6.45, 7) is 4.02. The van der Waals surface area contributed by atoms with Gasteiger partial charge in [0.1, 0.15) is 0 Å². The predicted octanol–water partition coefficient (Wildman–Crippen LogP) is 4.97. The van der Waals surface area contributed by atoms with Crippen LogP contribution in [-0.4, -0.2) is 23.4 Å². The summed E-state index contributed by atoms with van der Waals surface area (Å²) < 4.78 is 7.72. The van der Waals surface area contributed by atoms with E-state index in [1.807, 2.05) is 98.1 Å². The summed E-state index contributed by atoms with van der Waals surface area (Å²) in [5.74, 6) is -0.475. The molecule has 0 saturated carbocycles. The van der Waals surface area contributed by atoms with Gasteiger partial charge in [0.05, 0.1) is 28.5 Å². The summed E-state index contributed by atoms with van der Waals surface area (Å²) in [5.41, 5.74) is 4.39. The topological polar surface area (TPSA) is 60.7 Å². The first-order valence-corrected chi connectivity index (χ1v) is 14.0. The minimum atomic E-state index is -0.666. The molecule has 0 unspecified atom stereocenters. The monoisotopic (exact) mass is 526 g/mol. The molecule has 186 valence electrons. The smallest absolute Gasteiger partial charge is 0.338 e. The van der Waals surface area contributed by atoms with Crippen LogP contribution in [0.5, 0.6) is 0 Å². The van der Waals surface area contributed by atoms with Crippen molar-refractivity contribution < 1.29 is 9.53 Å². The molecule has 1 aromatic heterocycles. The molecule has 0 spiro atoms. The fourth-order valence-corrected chi connectivity index (χ4v) is 5.86. The minimum Gasteiger partial charge on any atom is -0.463 e. The number of benzene rings is 3. The fourth-order valence-electron chi connectivity index (χ4n) is 4.45. The Hall–Kier alpha value is -3.68. The van der Waals surface area contributed by atoms with Crippen LogP contribution in [0.3, 0.4) is 0 Å². The molecule has 0 aliphatic carbocycles. The normalized spacial score (nSPS) is 15.3. The minimum absolute atomic E-state index is 0.182. The molecule has 0 saturated heterocycles. The molecule has 1 aliphatic heterocycles. The summed E-state index contributed by atoms with van der Waals surface area (Å²) in [6.07, 6.45) is 3.90. The second-order valence-corrected chi connectivity index (χ2v) is 10.5. The van der Waals surface area contributed by atoms with E-state index in [-0.39, 0.29) is 12.2 Å². The van der Waals surface area contributed by atoms with Gasteiger partial charge in [-0.15, -0.1) is 11.8 Å². The Labute approximate surface area is 223 Å². The van der Waals surface area contributed by atoms with Gasteiger partial charge < -0.3 is 4.74 Å². The van der Waals surface area contributed by atoms with Crippen molar-refractivity contribution in [2.24, 2.45) is 4.99 Å². The van der Waals surface area contributed by atoms with Crippen LogP contribution in [-0.2, 0) is 9.53 Å². The van der Waals surface area contributed by atoms with Crippen LogP contribution in [0.25, 0.3) is 11.8 Å². The fraction of sp³-hybridized carbons (Fsp3) is 0.167. The van der Waals surface area contributed by atoms with E-state index >= 15 is 0 Å². The number of thiazole rings is 1. The van der Waals surface area contributed by atoms with Crippen molar-refractivity contribution >= 4 is 40.8 Å². The molecular weight excluding hydrogens is 500 g/mol. The highest BCUT2D eigenvalue weighted by atomic mass is 32.2. The zero-order chi connectivity index (χ0) is 25.9. The molecule has 2 heterocycles. The number of fused-ring (bicyclic) bond motifs is 1. The first-order chi connectivity index (χ1) is 18.0. The summed E-state index contributed by atoms with van der Waals surface area (Å²) in [7, 11) is 0. The Morgan fingerprint density at radius 3 is 2.51 bits per heavy atom. The Bertz CT molecular complexity index is 1670. The predicted molar refractivity (Wildman–Crippen MR) is 150 cm³/mol. The maximum absolute atomic E-state index is 13.9. The van der Waals surface area contributed by atoms with Gasteiger partial charge in [-0.25, -0.2) is 9.79 Å². The SMILES string of the molecule is CCOC(=O)C1=C(c2ccccc2)N=c2s/c(=C/c3cccc(C)c3)c(=O)n2[C@H]1c1ccc(SC)cc1. The first kappa shape index (κ1) is 25.0. The van der Waals surface area contributed by atoms with Crippen molar-refractivity contribution in [3.8, 4) is 0 Å². The van der Waals surface area contributed by atoms with E-state index in [2.05, 4.69) is 0 Å². The van der Waals surface area contributed by atoms with Crippen molar-refractivity contribution in [1.82, 2.24) is 4.57 Å². The zero-order valence-electron chi connectivity index (χ0n) is 20.8. The molecule has 3 aromatic carbocycles. The van der Waals surface area contributed by atoms with Crippen LogP contribution in [0.4, 0.5) is 0 Å². The highest BCUT2D eigenvalue weighted by Gasteiger charge is 2.35. The number of thioether (sulfide) groups is 1. The second-order valence-electron chi connectivity index (χ2n) is 8.62. The molecule has 1 atom stereocenters. The number of carbonyl (C=O) groups excluding carboxylic acids is 1. The second kappa shape index (κ2) is 10.7. The van der Waals surface area contributed by atoms with E-state index < -0.39 is 12.0 Å². The van der Waals surface area contributed by atoms with Gasteiger partial charge in [-0.2, -0.15) is 0 Å². The van der Waals surface area contributed by atoms with Gasteiger partial charge in [-0.3, -0.25) is 9.36 Å². The highest BCUT2D eigenvalue weighted by molar-refractivity contribution is 7.98.